The molecule has 0 aliphatic rings. The summed E-state index contributed by atoms with van der Waals surface area (Å²) in [5.41, 5.74) is 1.95. The Morgan fingerprint density at radius 3 is 2.75 bits per heavy atom. The number of nitrogens with zero attached hydrogens (tertiary/aromatic N) is 4. The van der Waals surface area contributed by atoms with Crippen molar-refractivity contribution in [1.29, 1.82) is 0 Å². The summed E-state index contributed by atoms with van der Waals surface area (Å²) < 4.78 is 3.17. The summed E-state index contributed by atoms with van der Waals surface area (Å²) in [6.45, 7) is 9.32. The minimum absolute atomic E-state index is 0.336. The van der Waals surface area contributed by atoms with Crippen LogP contribution in [0.1, 0.15) is 38.9 Å². The largest absolute Gasteiger partial charge is 0.369 e. The molecule has 2 aromatic heterocycles. The molecule has 0 spiro atoms. The third-order valence-corrected chi connectivity index (χ3v) is 4.30. The molecule has 0 aromatic carbocycles. The quantitative estimate of drug-likeness (QED) is 0.799. The molecule has 0 saturated carbocycles. The Morgan fingerprint density at radius 1 is 1.35 bits per heavy atom. The van der Waals surface area contributed by atoms with Crippen molar-refractivity contribution in [3.63, 3.8) is 0 Å². The van der Waals surface area contributed by atoms with Crippen molar-refractivity contribution in [1.82, 2.24) is 19.5 Å². The second-order valence-electron chi connectivity index (χ2n) is 5.00. The van der Waals surface area contributed by atoms with Gasteiger partial charge in [-0.3, -0.25) is 0 Å². The number of anilines is 1. The van der Waals surface area contributed by atoms with Crippen LogP contribution in [0.25, 0.3) is 11.5 Å². The molecule has 0 aliphatic heterocycles. The van der Waals surface area contributed by atoms with Crippen molar-refractivity contribution in [3.8, 4) is 11.5 Å². The Bertz CT molecular complexity index is 591. The predicted octanol–water partition coefficient (Wildman–Crippen LogP) is 3.66. The highest BCUT2D eigenvalue weighted by atomic mass is 127. The molecule has 0 saturated heterocycles. The zero-order valence-electron chi connectivity index (χ0n) is 12.3. The third-order valence-electron chi connectivity index (χ3n) is 3.01. The number of imidazole rings is 1. The minimum atomic E-state index is 0.336. The van der Waals surface area contributed by atoms with Crippen LogP contribution in [-0.2, 0) is 0 Å². The van der Waals surface area contributed by atoms with Gasteiger partial charge < -0.3 is 9.88 Å². The summed E-state index contributed by atoms with van der Waals surface area (Å²) in [4.78, 5) is 13.5. The Labute approximate surface area is 133 Å². The Morgan fingerprint density at radius 2 is 2.10 bits per heavy atom. The highest BCUT2D eigenvalue weighted by Crippen LogP contribution is 2.25. The Balaban J connectivity index is 2.46. The predicted molar refractivity (Wildman–Crippen MR) is 89.9 cm³/mol. The Hall–Kier alpha value is -1.18. The van der Waals surface area contributed by atoms with Gasteiger partial charge in [0.1, 0.15) is 11.5 Å². The molecule has 20 heavy (non-hydrogen) atoms. The summed E-state index contributed by atoms with van der Waals surface area (Å²) in [5, 5.41) is 3.37. The maximum Gasteiger partial charge on any atom is 0.180 e. The van der Waals surface area contributed by atoms with E-state index in [9.17, 15) is 0 Å². The van der Waals surface area contributed by atoms with Crippen molar-refractivity contribution in [2.24, 2.45) is 0 Å². The van der Waals surface area contributed by atoms with Gasteiger partial charge in [-0.25, -0.2) is 15.0 Å². The molecule has 0 amide bonds. The van der Waals surface area contributed by atoms with Crippen molar-refractivity contribution < 1.29 is 0 Å². The number of hydrogen-bond donors (Lipinski definition) is 1. The number of nitrogens with one attached hydrogen (secondary N) is 1. The molecule has 0 aliphatic carbocycles. The topological polar surface area (TPSA) is 55.6 Å². The van der Waals surface area contributed by atoms with E-state index in [1.807, 2.05) is 19.4 Å². The first-order valence-corrected chi connectivity index (χ1v) is 7.92. The summed E-state index contributed by atoms with van der Waals surface area (Å²) in [7, 11) is 0. The van der Waals surface area contributed by atoms with Crippen molar-refractivity contribution in [3.05, 3.63) is 21.8 Å². The monoisotopic (exact) mass is 385 g/mol. The molecular formula is C14H20IN5. The number of halogens is 1. The van der Waals surface area contributed by atoms with E-state index in [0.717, 1.165) is 39.6 Å². The fraction of sp³-hybridized carbons (Fsp3) is 0.500. The van der Waals surface area contributed by atoms with E-state index in [1.54, 1.807) is 0 Å². The van der Waals surface area contributed by atoms with Crippen LogP contribution in [0.3, 0.4) is 0 Å². The van der Waals surface area contributed by atoms with Crippen LogP contribution in [0.5, 0.6) is 0 Å². The van der Waals surface area contributed by atoms with Crippen LogP contribution in [-0.4, -0.2) is 26.1 Å². The van der Waals surface area contributed by atoms with Crippen LogP contribution in [0.15, 0.2) is 12.5 Å². The summed E-state index contributed by atoms with van der Waals surface area (Å²) in [5.74, 6) is 1.64. The number of hydrogen-bond acceptors (Lipinski definition) is 4. The lowest BCUT2D eigenvalue weighted by Crippen LogP contribution is -2.09. The second-order valence-corrected chi connectivity index (χ2v) is 6.08. The molecular weight excluding hydrogens is 365 g/mol. The number of aromatic nitrogens is 4. The van der Waals surface area contributed by atoms with Crippen LogP contribution >= 0.6 is 22.6 Å². The maximum atomic E-state index is 4.67. The lowest BCUT2D eigenvalue weighted by atomic mass is 10.3. The molecule has 2 heterocycles. The first kappa shape index (κ1) is 15.2. The zero-order valence-corrected chi connectivity index (χ0v) is 14.5. The van der Waals surface area contributed by atoms with E-state index < -0.39 is 0 Å². The third kappa shape index (κ3) is 3.11. The van der Waals surface area contributed by atoms with Gasteiger partial charge in [0.15, 0.2) is 5.82 Å². The lowest BCUT2D eigenvalue weighted by molar-refractivity contribution is 0.603. The molecule has 0 unspecified atom stereocenters. The summed E-state index contributed by atoms with van der Waals surface area (Å²) >= 11 is 2.29. The van der Waals surface area contributed by atoms with Gasteiger partial charge in [0.2, 0.25) is 0 Å². The van der Waals surface area contributed by atoms with Crippen LogP contribution in [0, 0.1) is 10.5 Å². The fourth-order valence-electron chi connectivity index (χ4n) is 1.92. The van der Waals surface area contributed by atoms with Gasteiger partial charge in [-0.05, 0) is 49.8 Å². The molecule has 108 valence electrons. The minimum Gasteiger partial charge on any atom is -0.369 e. The molecule has 1 N–H and O–H groups in total. The zero-order chi connectivity index (χ0) is 14.7. The van der Waals surface area contributed by atoms with E-state index in [2.05, 4.69) is 68.2 Å². The highest BCUT2D eigenvalue weighted by Gasteiger charge is 2.14. The van der Waals surface area contributed by atoms with Gasteiger partial charge >= 0.3 is 0 Å². The van der Waals surface area contributed by atoms with Gasteiger partial charge in [-0.2, -0.15) is 0 Å². The molecule has 6 heteroatoms. The smallest absolute Gasteiger partial charge is 0.180 e. The summed E-state index contributed by atoms with van der Waals surface area (Å²) in [6.07, 6.45) is 4.72. The first-order chi connectivity index (χ1) is 9.54. The van der Waals surface area contributed by atoms with Gasteiger partial charge in [0, 0.05) is 12.6 Å². The molecule has 5 nitrogen and oxygen atoms in total. The van der Waals surface area contributed by atoms with E-state index in [-0.39, 0.29) is 0 Å². The molecule has 2 rings (SSSR count). The van der Waals surface area contributed by atoms with Crippen LogP contribution in [0.2, 0.25) is 0 Å². The standard InChI is InChI=1S/C14H20IN5/c1-5-6-17-14-12(15)10(4)18-13(19-14)11-7-16-8-20(11)9(2)3/h7-9H,5-6H2,1-4H3,(H,17,18,19). The average molecular weight is 385 g/mol. The molecule has 0 fully saturated rings. The lowest BCUT2D eigenvalue weighted by Gasteiger charge is -2.14. The SMILES string of the molecule is CCCNc1nc(-c2cncn2C(C)C)nc(C)c1I. The summed E-state index contributed by atoms with van der Waals surface area (Å²) in [6, 6.07) is 0.336. The first-order valence-electron chi connectivity index (χ1n) is 6.84. The van der Waals surface area contributed by atoms with E-state index in [1.165, 1.54) is 0 Å². The molecule has 0 atom stereocenters. The van der Waals surface area contributed by atoms with E-state index in [4.69, 9.17) is 0 Å². The molecule has 0 radical (unpaired) electrons. The van der Waals surface area contributed by atoms with Crippen LogP contribution < -0.4 is 5.32 Å². The van der Waals surface area contributed by atoms with Crippen molar-refractivity contribution in [2.75, 3.05) is 11.9 Å². The van der Waals surface area contributed by atoms with Crippen molar-refractivity contribution >= 4 is 28.4 Å². The van der Waals surface area contributed by atoms with Crippen molar-refractivity contribution in [2.45, 2.75) is 40.2 Å². The Kier molecular flexibility index (Phi) is 4.95. The second kappa shape index (κ2) is 6.51. The van der Waals surface area contributed by atoms with E-state index >= 15 is 0 Å². The number of rotatable bonds is 5. The maximum absolute atomic E-state index is 4.67. The normalized spacial score (nSPS) is 11.1. The van der Waals surface area contributed by atoms with Gasteiger partial charge in [-0.1, -0.05) is 6.92 Å². The van der Waals surface area contributed by atoms with E-state index in [0.29, 0.717) is 6.04 Å². The molecule has 0 bridgehead atoms. The number of aryl methyl sites for hydroxylation is 1. The highest BCUT2D eigenvalue weighted by molar-refractivity contribution is 14.1. The fourth-order valence-corrected chi connectivity index (χ4v) is 2.36. The average Bonchev–Trinajstić information content (AvgIpc) is 2.89. The van der Waals surface area contributed by atoms with Gasteiger partial charge in [0.05, 0.1) is 21.8 Å². The van der Waals surface area contributed by atoms with Gasteiger partial charge in [-0.15, -0.1) is 0 Å². The van der Waals surface area contributed by atoms with Gasteiger partial charge in [0.25, 0.3) is 0 Å². The molecule has 2 aromatic rings. The van der Waals surface area contributed by atoms with Crippen LogP contribution in [0.4, 0.5) is 5.82 Å².